The predicted octanol–water partition coefficient (Wildman–Crippen LogP) is 1.65. The SMILES string of the molecule is NC1(C(=O)O)CCN(Cc2cccc(OCc3ccccn3)c2)C1. The minimum absolute atomic E-state index is 0.362. The first-order chi connectivity index (χ1) is 11.5. The molecule has 0 radical (unpaired) electrons. The number of nitrogens with two attached hydrogens (primary N) is 1. The van der Waals surface area contributed by atoms with Crippen molar-refractivity contribution < 1.29 is 14.6 Å². The molecule has 2 aromatic rings. The highest BCUT2D eigenvalue weighted by Gasteiger charge is 2.40. The van der Waals surface area contributed by atoms with Crippen LogP contribution in [0.5, 0.6) is 5.75 Å². The maximum Gasteiger partial charge on any atom is 0.325 e. The number of rotatable bonds is 6. The molecule has 0 saturated carbocycles. The van der Waals surface area contributed by atoms with Gasteiger partial charge in [0.1, 0.15) is 17.9 Å². The molecule has 1 aromatic heterocycles. The zero-order valence-electron chi connectivity index (χ0n) is 13.4. The molecular weight excluding hydrogens is 306 g/mol. The summed E-state index contributed by atoms with van der Waals surface area (Å²) < 4.78 is 5.78. The van der Waals surface area contributed by atoms with Crippen LogP contribution in [0.2, 0.25) is 0 Å². The third-order valence-electron chi connectivity index (χ3n) is 4.22. The Morgan fingerprint density at radius 2 is 2.21 bits per heavy atom. The van der Waals surface area contributed by atoms with E-state index in [2.05, 4.69) is 9.88 Å². The number of carbonyl (C=O) groups is 1. The quantitative estimate of drug-likeness (QED) is 0.839. The lowest BCUT2D eigenvalue weighted by Crippen LogP contribution is -2.50. The van der Waals surface area contributed by atoms with Crippen LogP contribution in [0.4, 0.5) is 0 Å². The largest absolute Gasteiger partial charge is 0.487 e. The zero-order chi connectivity index (χ0) is 17.0. The second-order valence-electron chi connectivity index (χ2n) is 6.18. The second-order valence-corrected chi connectivity index (χ2v) is 6.18. The minimum Gasteiger partial charge on any atom is -0.487 e. The monoisotopic (exact) mass is 327 g/mol. The number of carboxylic acids is 1. The number of nitrogens with zero attached hydrogens (tertiary/aromatic N) is 2. The summed E-state index contributed by atoms with van der Waals surface area (Å²) in [5.41, 5.74) is 6.73. The van der Waals surface area contributed by atoms with Gasteiger partial charge in [0.25, 0.3) is 0 Å². The number of ether oxygens (including phenoxy) is 1. The number of hydrogen-bond donors (Lipinski definition) is 2. The number of aliphatic carboxylic acids is 1. The van der Waals surface area contributed by atoms with Crippen LogP contribution in [0.3, 0.4) is 0 Å². The summed E-state index contributed by atoms with van der Waals surface area (Å²) in [6.07, 6.45) is 2.21. The van der Waals surface area contributed by atoms with Gasteiger partial charge >= 0.3 is 5.97 Å². The maximum atomic E-state index is 11.2. The molecule has 1 unspecified atom stereocenters. The summed E-state index contributed by atoms with van der Waals surface area (Å²) in [6, 6.07) is 13.5. The highest BCUT2D eigenvalue weighted by Crippen LogP contribution is 2.22. The number of carboxylic acid groups (broad SMARTS) is 1. The van der Waals surface area contributed by atoms with Crippen LogP contribution in [0, 0.1) is 0 Å². The molecule has 1 aliphatic rings. The Kier molecular flexibility index (Phi) is 4.78. The van der Waals surface area contributed by atoms with Crippen molar-refractivity contribution in [1.29, 1.82) is 0 Å². The molecule has 1 saturated heterocycles. The first kappa shape index (κ1) is 16.4. The van der Waals surface area contributed by atoms with Crippen LogP contribution in [-0.4, -0.2) is 39.6 Å². The first-order valence-electron chi connectivity index (χ1n) is 7.91. The highest BCUT2D eigenvalue weighted by atomic mass is 16.5. The molecule has 0 aliphatic carbocycles. The van der Waals surface area contributed by atoms with Gasteiger partial charge in [0, 0.05) is 25.8 Å². The topological polar surface area (TPSA) is 88.7 Å². The lowest BCUT2D eigenvalue weighted by molar-refractivity contribution is -0.142. The summed E-state index contributed by atoms with van der Waals surface area (Å²) in [5.74, 6) is -0.160. The van der Waals surface area contributed by atoms with Gasteiger partial charge in [0.15, 0.2) is 0 Å². The molecule has 6 nitrogen and oxygen atoms in total. The molecule has 24 heavy (non-hydrogen) atoms. The first-order valence-corrected chi connectivity index (χ1v) is 7.91. The Bertz CT molecular complexity index is 708. The minimum atomic E-state index is -1.13. The van der Waals surface area contributed by atoms with Gasteiger partial charge in [-0.1, -0.05) is 18.2 Å². The number of aromatic nitrogens is 1. The van der Waals surface area contributed by atoms with Gasteiger partial charge in [-0.05, 0) is 36.2 Å². The van der Waals surface area contributed by atoms with Crippen LogP contribution < -0.4 is 10.5 Å². The molecule has 2 heterocycles. The molecule has 1 aliphatic heterocycles. The van der Waals surface area contributed by atoms with E-state index in [1.165, 1.54) is 0 Å². The fourth-order valence-electron chi connectivity index (χ4n) is 2.86. The Morgan fingerprint density at radius 1 is 1.33 bits per heavy atom. The molecule has 0 spiro atoms. The molecule has 0 bridgehead atoms. The normalized spacial score (nSPS) is 20.9. The van der Waals surface area contributed by atoms with Crippen molar-refractivity contribution in [3.8, 4) is 5.75 Å². The van der Waals surface area contributed by atoms with Crippen molar-refractivity contribution in [2.75, 3.05) is 13.1 Å². The predicted molar refractivity (Wildman–Crippen MR) is 89.5 cm³/mol. The Hall–Kier alpha value is -2.44. The number of benzene rings is 1. The standard InChI is InChI=1S/C18H21N3O3/c19-18(17(22)23)7-9-21(13-18)11-14-4-3-6-16(10-14)24-12-15-5-1-2-8-20-15/h1-6,8,10H,7,9,11-13,19H2,(H,22,23). The van der Waals surface area contributed by atoms with E-state index < -0.39 is 11.5 Å². The lowest BCUT2D eigenvalue weighted by atomic mass is 10.0. The lowest BCUT2D eigenvalue weighted by Gasteiger charge is -2.20. The molecule has 3 rings (SSSR count). The van der Waals surface area contributed by atoms with Crippen molar-refractivity contribution in [1.82, 2.24) is 9.88 Å². The average Bonchev–Trinajstić information content (AvgIpc) is 2.97. The summed E-state index contributed by atoms with van der Waals surface area (Å²) in [4.78, 5) is 17.5. The zero-order valence-corrected chi connectivity index (χ0v) is 13.4. The smallest absolute Gasteiger partial charge is 0.325 e. The van der Waals surface area contributed by atoms with E-state index in [0.29, 0.717) is 32.7 Å². The summed E-state index contributed by atoms with van der Waals surface area (Å²) in [6.45, 7) is 2.12. The van der Waals surface area contributed by atoms with E-state index >= 15 is 0 Å². The fraction of sp³-hybridized carbons (Fsp3) is 0.333. The fourth-order valence-corrected chi connectivity index (χ4v) is 2.86. The van der Waals surface area contributed by atoms with E-state index in [9.17, 15) is 9.90 Å². The number of hydrogen-bond acceptors (Lipinski definition) is 5. The van der Waals surface area contributed by atoms with Crippen molar-refractivity contribution in [2.45, 2.75) is 25.1 Å². The molecule has 1 atom stereocenters. The van der Waals surface area contributed by atoms with Crippen LogP contribution >= 0.6 is 0 Å². The number of pyridine rings is 1. The van der Waals surface area contributed by atoms with Crippen molar-refractivity contribution in [3.63, 3.8) is 0 Å². The number of likely N-dealkylation sites (tertiary alicyclic amines) is 1. The molecule has 1 aromatic carbocycles. The van der Waals surface area contributed by atoms with Gasteiger partial charge in [-0.25, -0.2) is 0 Å². The third kappa shape index (κ3) is 3.90. The summed E-state index contributed by atoms with van der Waals surface area (Å²) >= 11 is 0. The molecule has 3 N–H and O–H groups in total. The average molecular weight is 327 g/mol. The van der Waals surface area contributed by atoms with Crippen molar-refractivity contribution >= 4 is 5.97 Å². The summed E-state index contributed by atoms with van der Waals surface area (Å²) in [7, 11) is 0. The molecular formula is C18H21N3O3. The van der Waals surface area contributed by atoms with Gasteiger partial charge in [-0.3, -0.25) is 14.7 Å². The van der Waals surface area contributed by atoms with E-state index in [1.807, 2.05) is 42.5 Å². The molecule has 126 valence electrons. The third-order valence-corrected chi connectivity index (χ3v) is 4.22. The second kappa shape index (κ2) is 6.98. The van der Waals surface area contributed by atoms with E-state index in [0.717, 1.165) is 17.0 Å². The molecule has 0 amide bonds. The maximum absolute atomic E-state index is 11.2. The molecule has 6 heteroatoms. The Balaban J connectivity index is 1.59. The van der Waals surface area contributed by atoms with Gasteiger partial charge in [0.2, 0.25) is 0 Å². The van der Waals surface area contributed by atoms with Crippen LogP contribution in [0.1, 0.15) is 17.7 Å². The van der Waals surface area contributed by atoms with Gasteiger partial charge in [0.05, 0.1) is 5.69 Å². The Morgan fingerprint density at radius 3 is 2.92 bits per heavy atom. The van der Waals surface area contributed by atoms with Crippen molar-refractivity contribution in [2.24, 2.45) is 5.73 Å². The van der Waals surface area contributed by atoms with Gasteiger partial charge in [-0.2, -0.15) is 0 Å². The summed E-state index contributed by atoms with van der Waals surface area (Å²) in [5, 5.41) is 9.20. The van der Waals surface area contributed by atoms with E-state index in [4.69, 9.17) is 10.5 Å². The van der Waals surface area contributed by atoms with Crippen molar-refractivity contribution in [3.05, 3.63) is 59.9 Å². The van der Waals surface area contributed by atoms with Crippen LogP contribution in [-0.2, 0) is 17.9 Å². The van der Waals surface area contributed by atoms with E-state index in [1.54, 1.807) is 6.20 Å². The van der Waals surface area contributed by atoms with E-state index in [-0.39, 0.29) is 0 Å². The highest BCUT2D eigenvalue weighted by molar-refractivity contribution is 5.79. The van der Waals surface area contributed by atoms with Crippen LogP contribution in [0.25, 0.3) is 0 Å². The molecule has 1 fully saturated rings. The van der Waals surface area contributed by atoms with Gasteiger partial charge in [-0.15, -0.1) is 0 Å². The van der Waals surface area contributed by atoms with Crippen LogP contribution in [0.15, 0.2) is 48.7 Å². The van der Waals surface area contributed by atoms with Gasteiger partial charge < -0.3 is 15.6 Å². The Labute approximate surface area is 140 Å².